The molecule has 9 heteroatoms. The van der Waals surface area contributed by atoms with Crippen molar-refractivity contribution in [2.24, 2.45) is 0 Å². The second kappa shape index (κ2) is 6.78. The Morgan fingerprint density at radius 3 is 2.63 bits per heavy atom. The molecule has 1 saturated carbocycles. The van der Waals surface area contributed by atoms with Crippen molar-refractivity contribution in [3.63, 3.8) is 0 Å². The maximum absolute atomic E-state index is 12.8. The lowest BCUT2D eigenvalue weighted by Crippen LogP contribution is -2.11. The molecule has 2 aromatic heterocycles. The molecule has 27 heavy (non-hydrogen) atoms. The molecule has 140 valence electrons. The van der Waals surface area contributed by atoms with Crippen molar-refractivity contribution in [3.8, 4) is 0 Å². The molecule has 2 N–H and O–H groups in total. The van der Waals surface area contributed by atoms with Gasteiger partial charge in [0.2, 0.25) is 9.84 Å². The number of aryl methyl sites for hydroxylation is 1. The van der Waals surface area contributed by atoms with Crippen LogP contribution in [0.1, 0.15) is 39.7 Å². The highest BCUT2D eigenvalue weighted by Gasteiger charge is 2.27. The Morgan fingerprint density at radius 1 is 1.26 bits per heavy atom. The van der Waals surface area contributed by atoms with Gasteiger partial charge in [-0.25, -0.2) is 8.42 Å². The summed E-state index contributed by atoms with van der Waals surface area (Å²) in [5.74, 6) is 0.573. The topological polar surface area (TPSA) is 91.9 Å². The number of carbonyl (C=O) groups is 1. The van der Waals surface area contributed by atoms with Gasteiger partial charge in [0.25, 0.3) is 5.91 Å². The van der Waals surface area contributed by atoms with E-state index in [0.717, 1.165) is 29.9 Å². The van der Waals surface area contributed by atoms with Gasteiger partial charge in [0.15, 0.2) is 5.82 Å². The van der Waals surface area contributed by atoms with Gasteiger partial charge in [0.1, 0.15) is 4.21 Å². The summed E-state index contributed by atoms with van der Waals surface area (Å²) in [4.78, 5) is 13.1. The number of benzene rings is 1. The van der Waals surface area contributed by atoms with Crippen LogP contribution in [0.15, 0.2) is 45.5 Å². The molecule has 3 aromatic rings. The second-order valence-electron chi connectivity index (χ2n) is 6.47. The maximum atomic E-state index is 12.8. The van der Waals surface area contributed by atoms with E-state index >= 15 is 0 Å². The highest BCUT2D eigenvalue weighted by Crippen LogP contribution is 2.39. The summed E-state index contributed by atoms with van der Waals surface area (Å²) in [6, 6.07) is 9.30. The molecule has 6 nitrogen and oxygen atoms in total. The van der Waals surface area contributed by atoms with Gasteiger partial charge >= 0.3 is 0 Å². The van der Waals surface area contributed by atoms with Gasteiger partial charge in [-0.05, 0) is 55.7 Å². The zero-order valence-corrected chi connectivity index (χ0v) is 16.7. The normalized spacial score (nSPS) is 14.3. The van der Waals surface area contributed by atoms with E-state index in [9.17, 15) is 13.2 Å². The van der Waals surface area contributed by atoms with E-state index in [-0.39, 0.29) is 15.0 Å². The van der Waals surface area contributed by atoms with E-state index in [2.05, 4.69) is 15.5 Å². The smallest absolute Gasteiger partial charge is 0.267 e. The minimum absolute atomic E-state index is 0.119. The van der Waals surface area contributed by atoms with Crippen molar-refractivity contribution < 1.29 is 13.2 Å². The summed E-state index contributed by atoms with van der Waals surface area (Å²) in [7, 11) is -3.70. The van der Waals surface area contributed by atoms with Crippen molar-refractivity contribution in [1.82, 2.24) is 10.2 Å². The monoisotopic (exact) mass is 421 g/mol. The van der Waals surface area contributed by atoms with Crippen LogP contribution in [0, 0.1) is 6.92 Å². The number of nitrogens with one attached hydrogen (secondary N) is 2. The Bertz CT molecular complexity index is 1110. The Kier molecular flexibility index (Phi) is 4.57. The number of amides is 1. The molecule has 0 radical (unpaired) electrons. The number of sulfone groups is 1. The van der Waals surface area contributed by atoms with Crippen LogP contribution in [-0.2, 0) is 9.84 Å². The third kappa shape index (κ3) is 3.65. The molecule has 2 heterocycles. The fourth-order valence-corrected chi connectivity index (χ4v) is 5.68. The molecule has 1 fully saturated rings. The number of carbonyl (C=O) groups excluding carboxylic acids is 1. The number of thiophene rings is 1. The number of anilines is 1. The average molecular weight is 422 g/mol. The van der Waals surface area contributed by atoms with E-state index in [1.165, 1.54) is 30.3 Å². The van der Waals surface area contributed by atoms with Gasteiger partial charge in [-0.3, -0.25) is 9.89 Å². The van der Waals surface area contributed by atoms with Gasteiger partial charge < -0.3 is 5.32 Å². The highest BCUT2D eigenvalue weighted by molar-refractivity contribution is 7.93. The molecule has 0 saturated heterocycles. The number of hydrogen-bond donors (Lipinski definition) is 2. The summed E-state index contributed by atoms with van der Waals surface area (Å²) < 4.78 is 25.7. The quantitative estimate of drug-likeness (QED) is 0.638. The first-order valence-corrected chi connectivity index (χ1v) is 11.0. The zero-order chi connectivity index (χ0) is 19.2. The number of halogens is 1. The van der Waals surface area contributed by atoms with Crippen molar-refractivity contribution >= 4 is 44.5 Å². The van der Waals surface area contributed by atoms with Crippen LogP contribution in [0.3, 0.4) is 0 Å². The molecular weight excluding hydrogens is 406 g/mol. The molecule has 0 bridgehead atoms. The summed E-state index contributed by atoms with van der Waals surface area (Å²) in [6.07, 6.45) is 2.26. The largest absolute Gasteiger partial charge is 0.304 e. The van der Waals surface area contributed by atoms with Crippen molar-refractivity contribution in [2.75, 3.05) is 5.32 Å². The molecule has 4 rings (SSSR count). The lowest BCUT2D eigenvalue weighted by molar-refractivity contribution is 0.102. The number of aromatic amines is 1. The van der Waals surface area contributed by atoms with E-state index in [1.54, 1.807) is 6.92 Å². The van der Waals surface area contributed by atoms with Crippen molar-refractivity contribution in [1.29, 1.82) is 0 Å². The van der Waals surface area contributed by atoms with Gasteiger partial charge in [-0.1, -0.05) is 11.6 Å². The summed E-state index contributed by atoms with van der Waals surface area (Å²) in [5, 5.41) is 10.2. The van der Waals surface area contributed by atoms with E-state index in [1.807, 2.05) is 6.07 Å². The highest BCUT2D eigenvalue weighted by atomic mass is 35.5. The molecule has 0 aliphatic heterocycles. The Hall–Kier alpha value is -2.16. The summed E-state index contributed by atoms with van der Waals surface area (Å²) in [5.41, 5.74) is 1.61. The van der Waals surface area contributed by atoms with E-state index in [4.69, 9.17) is 11.6 Å². The SMILES string of the molecule is Cc1cc(S(=O)(=O)c2ccc(Cl)cc2)sc1C(=O)Nc1cc(C2CC2)[nH]n1. The maximum Gasteiger partial charge on any atom is 0.267 e. The molecular formula is C18H16ClN3O3S2. The summed E-state index contributed by atoms with van der Waals surface area (Å²) in [6.45, 7) is 1.71. The molecule has 1 amide bonds. The first-order chi connectivity index (χ1) is 12.8. The van der Waals surface area contributed by atoms with Crippen LogP contribution in [0.5, 0.6) is 0 Å². The van der Waals surface area contributed by atoms with Gasteiger partial charge in [-0.2, -0.15) is 5.10 Å². The molecule has 1 aliphatic rings. The van der Waals surface area contributed by atoms with Gasteiger partial charge in [0, 0.05) is 22.7 Å². The lowest BCUT2D eigenvalue weighted by Gasteiger charge is -2.02. The summed E-state index contributed by atoms with van der Waals surface area (Å²) >= 11 is 6.77. The van der Waals surface area contributed by atoms with Crippen LogP contribution in [0.4, 0.5) is 5.82 Å². The molecule has 1 aromatic carbocycles. The van der Waals surface area contributed by atoms with Crippen LogP contribution in [-0.4, -0.2) is 24.5 Å². The van der Waals surface area contributed by atoms with Crippen molar-refractivity contribution in [2.45, 2.75) is 34.8 Å². The van der Waals surface area contributed by atoms with Crippen molar-refractivity contribution in [3.05, 3.63) is 57.6 Å². The number of rotatable bonds is 5. The third-order valence-corrected chi connectivity index (χ3v) is 8.08. The third-order valence-electron chi connectivity index (χ3n) is 4.35. The standard InChI is InChI=1S/C18H16ClN3O3S2/c1-10-8-16(27(24,25)13-6-4-12(19)5-7-13)26-17(10)18(23)20-15-9-14(21-22-15)11-2-3-11/h4-9,11H,2-3H2,1H3,(H2,20,21,22,23). The average Bonchev–Trinajstić information content (AvgIpc) is 3.24. The molecule has 0 atom stereocenters. The molecule has 0 spiro atoms. The van der Waals surface area contributed by atoms with Crippen LogP contribution in [0.25, 0.3) is 0 Å². The van der Waals surface area contributed by atoms with E-state index < -0.39 is 9.84 Å². The Morgan fingerprint density at radius 2 is 1.96 bits per heavy atom. The van der Waals surface area contributed by atoms with Crippen LogP contribution < -0.4 is 5.32 Å². The second-order valence-corrected chi connectivity index (χ2v) is 10.1. The van der Waals surface area contributed by atoms with Crippen LogP contribution in [0.2, 0.25) is 5.02 Å². The predicted molar refractivity (Wildman–Crippen MR) is 104 cm³/mol. The van der Waals surface area contributed by atoms with Gasteiger partial charge in [0.05, 0.1) is 9.77 Å². The Balaban J connectivity index is 1.58. The Labute approximate surface area is 165 Å². The number of H-pyrrole nitrogens is 1. The number of nitrogens with zero attached hydrogens (tertiary/aromatic N) is 1. The minimum Gasteiger partial charge on any atom is -0.304 e. The fourth-order valence-electron chi connectivity index (χ4n) is 2.72. The molecule has 0 unspecified atom stereocenters. The number of aromatic nitrogens is 2. The van der Waals surface area contributed by atoms with E-state index in [0.29, 0.717) is 27.2 Å². The first-order valence-electron chi connectivity index (χ1n) is 8.32. The molecule has 1 aliphatic carbocycles. The minimum atomic E-state index is -3.70. The van der Waals surface area contributed by atoms with Gasteiger partial charge in [-0.15, -0.1) is 11.3 Å². The zero-order valence-electron chi connectivity index (χ0n) is 14.3. The predicted octanol–water partition coefficient (Wildman–Crippen LogP) is 4.40. The number of hydrogen-bond acceptors (Lipinski definition) is 5. The van der Waals surface area contributed by atoms with Crippen LogP contribution >= 0.6 is 22.9 Å². The lowest BCUT2D eigenvalue weighted by atomic mass is 10.3. The fraction of sp³-hybridized carbons (Fsp3) is 0.222. The first kappa shape index (κ1) is 18.2.